The number of hydrogen-bond acceptors (Lipinski definition) is 3. The van der Waals surface area contributed by atoms with Crippen molar-refractivity contribution < 1.29 is 22.8 Å². The highest BCUT2D eigenvalue weighted by molar-refractivity contribution is 5.99. The summed E-state index contributed by atoms with van der Waals surface area (Å²) in [5.74, 6) is -1.09. The molecule has 0 spiro atoms. The zero-order chi connectivity index (χ0) is 24.2. The molecule has 0 aliphatic heterocycles. The lowest BCUT2D eigenvalue weighted by atomic mass is 10.1. The number of anilines is 1. The van der Waals surface area contributed by atoms with Crippen LogP contribution < -0.4 is 5.32 Å². The number of benzene rings is 2. The maximum absolute atomic E-state index is 13.1. The van der Waals surface area contributed by atoms with Crippen LogP contribution in [0.3, 0.4) is 0 Å². The predicted molar refractivity (Wildman–Crippen MR) is 119 cm³/mol. The van der Waals surface area contributed by atoms with Gasteiger partial charge in [-0.2, -0.15) is 18.3 Å². The standard InChI is InChI=1S/C24H25F3N4O2/c1-4-30(15-22(32)28-21-8-6-5-7-20(21)24(25,26)27)23(33)19-11-9-18(10-12-19)14-31-17(3)13-16(2)29-31/h5-13H,4,14-15H2,1-3H3,(H,28,32). The van der Waals surface area contributed by atoms with Crippen molar-refractivity contribution in [3.8, 4) is 0 Å². The Hall–Kier alpha value is -3.62. The van der Waals surface area contributed by atoms with Gasteiger partial charge in [-0.05, 0) is 56.7 Å². The second kappa shape index (κ2) is 9.89. The van der Waals surface area contributed by atoms with E-state index in [0.29, 0.717) is 12.1 Å². The molecule has 174 valence electrons. The largest absolute Gasteiger partial charge is 0.418 e. The van der Waals surface area contributed by atoms with Crippen molar-refractivity contribution in [2.45, 2.75) is 33.5 Å². The van der Waals surface area contributed by atoms with Crippen LogP contribution in [-0.2, 0) is 17.5 Å². The lowest BCUT2D eigenvalue weighted by molar-refractivity contribution is -0.137. The first-order valence-electron chi connectivity index (χ1n) is 10.4. The van der Waals surface area contributed by atoms with Crippen LogP contribution in [-0.4, -0.2) is 39.6 Å². The van der Waals surface area contributed by atoms with Gasteiger partial charge in [0.05, 0.1) is 23.5 Å². The summed E-state index contributed by atoms with van der Waals surface area (Å²) in [5, 5.41) is 6.69. The Balaban J connectivity index is 1.66. The van der Waals surface area contributed by atoms with Gasteiger partial charge in [0.2, 0.25) is 5.91 Å². The van der Waals surface area contributed by atoms with E-state index in [1.54, 1.807) is 19.1 Å². The number of para-hydroxylation sites is 1. The number of aromatic nitrogens is 2. The van der Waals surface area contributed by atoms with Crippen molar-refractivity contribution in [1.82, 2.24) is 14.7 Å². The Bertz CT molecular complexity index is 1140. The molecule has 1 aromatic heterocycles. The van der Waals surface area contributed by atoms with Gasteiger partial charge in [-0.25, -0.2) is 0 Å². The summed E-state index contributed by atoms with van der Waals surface area (Å²) in [6.45, 7) is 6.01. The van der Waals surface area contributed by atoms with Crippen LogP contribution in [0.25, 0.3) is 0 Å². The van der Waals surface area contributed by atoms with E-state index in [2.05, 4.69) is 10.4 Å². The monoisotopic (exact) mass is 458 g/mol. The van der Waals surface area contributed by atoms with Gasteiger partial charge in [-0.3, -0.25) is 14.3 Å². The van der Waals surface area contributed by atoms with Crippen molar-refractivity contribution >= 4 is 17.5 Å². The smallest absolute Gasteiger partial charge is 0.330 e. The SMILES string of the molecule is CCN(CC(=O)Nc1ccccc1C(F)(F)F)C(=O)c1ccc(Cn2nc(C)cc2C)cc1. The minimum Gasteiger partial charge on any atom is -0.330 e. The van der Waals surface area contributed by atoms with Crippen molar-refractivity contribution in [2.75, 3.05) is 18.4 Å². The minimum absolute atomic E-state index is 0.223. The topological polar surface area (TPSA) is 67.2 Å². The van der Waals surface area contributed by atoms with Crippen molar-refractivity contribution in [1.29, 1.82) is 0 Å². The number of nitrogens with one attached hydrogen (secondary N) is 1. The fourth-order valence-electron chi connectivity index (χ4n) is 3.47. The summed E-state index contributed by atoms with van der Waals surface area (Å²) >= 11 is 0. The lowest BCUT2D eigenvalue weighted by Gasteiger charge is -2.21. The molecule has 0 saturated carbocycles. The third-order valence-electron chi connectivity index (χ3n) is 5.15. The first-order valence-corrected chi connectivity index (χ1v) is 10.4. The molecular weight excluding hydrogens is 433 g/mol. The first-order chi connectivity index (χ1) is 15.6. The van der Waals surface area contributed by atoms with E-state index in [1.165, 1.54) is 23.1 Å². The van der Waals surface area contributed by atoms with E-state index in [-0.39, 0.29) is 24.7 Å². The highest BCUT2D eigenvalue weighted by Crippen LogP contribution is 2.34. The quantitative estimate of drug-likeness (QED) is 0.560. The Morgan fingerprint density at radius 2 is 1.73 bits per heavy atom. The zero-order valence-electron chi connectivity index (χ0n) is 18.6. The summed E-state index contributed by atoms with van der Waals surface area (Å²) in [6, 6.07) is 13.7. The summed E-state index contributed by atoms with van der Waals surface area (Å²) in [5.41, 5.74) is 2.02. The van der Waals surface area contributed by atoms with Crippen LogP contribution in [0.4, 0.5) is 18.9 Å². The molecule has 0 aliphatic rings. The fraction of sp³-hybridized carbons (Fsp3) is 0.292. The first kappa shape index (κ1) is 24.0. The van der Waals surface area contributed by atoms with Gasteiger partial charge < -0.3 is 10.2 Å². The van der Waals surface area contributed by atoms with Gasteiger partial charge in [0.25, 0.3) is 5.91 Å². The fourth-order valence-corrected chi connectivity index (χ4v) is 3.47. The molecule has 2 amide bonds. The van der Waals surface area contributed by atoms with Gasteiger partial charge in [0, 0.05) is 17.8 Å². The van der Waals surface area contributed by atoms with Crippen LogP contribution in [0.2, 0.25) is 0 Å². The molecule has 6 nitrogen and oxygen atoms in total. The number of amides is 2. The Morgan fingerprint density at radius 3 is 2.30 bits per heavy atom. The molecule has 0 saturated heterocycles. The number of nitrogens with zero attached hydrogens (tertiary/aromatic N) is 3. The summed E-state index contributed by atoms with van der Waals surface area (Å²) in [4.78, 5) is 26.6. The van der Waals surface area contributed by atoms with Gasteiger partial charge in [-0.1, -0.05) is 24.3 Å². The Morgan fingerprint density at radius 1 is 1.06 bits per heavy atom. The Kier molecular flexibility index (Phi) is 7.20. The van der Waals surface area contributed by atoms with Crippen LogP contribution in [0.15, 0.2) is 54.6 Å². The molecule has 3 aromatic rings. The summed E-state index contributed by atoms with van der Waals surface area (Å²) < 4.78 is 41.3. The van der Waals surface area contributed by atoms with Gasteiger partial charge in [-0.15, -0.1) is 0 Å². The maximum atomic E-state index is 13.1. The molecular formula is C24H25F3N4O2. The number of likely N-dealkylation sites (N-methyl/N-ethyl adjacent to an activating group) is 1. The van der Waals surface area contributed by atoms with Gasteiger partial charge >= 0.3 is 6.18 Å². The highest BCUT2D eigenvalue weighted by atomic mass is 19.4. The molecule has 9 heteroatoms. The van der Waals surface area contributed by atoms with E-state index >= 15 is 0 Å². The molecule has 3 rings (SSSR count). The van der Waals surface area contributed by atoms with Crippen LogP contribution in [0.5, 0.6) is 0 Å². The second-order valence-electron chi connectivity index (χ2n) is 7.69. The molecule has 0 unspecified atom stereocenters. The van der Waals surface area contributed by atoms with E-state index in [0.717, 1.165) is 23.0 Å². The maximum Gasteiger partial charge on any atom is 0.418 e. The Labute approximate surface area is 190 Å². The molecule has 1 N–H and O–H groups in total. The van der Waals surface area contributed by atoms with E-state index < -0.39 is 17.6 Å². The number of carbonyl (C=O) groups excluding carboxylic acids is 2. The van der Waals surface area contributed by atoms with Gasteiger partial charge in [0.1, 0.15) is 6.54 Å². The minimum atomic E-state index is -4.60. The molecule has 0 fully saturated rings. The molecule has 0 atom stereocenters. The zero-order valence-corrected chi connectivity index (χ0v) is 18.6. The molecule has 0 aliphatic carbocycles. The van der Waals surface area contributed by atoms with Crippen molar-refractivity contribution in [3.63, 3.8) is 0 Å². The number of rotatable bonds is 7. The predicted octanol–water partition coefficient (Wildman–Crippen LogP) is 4.67. The normalized spacial score (nSPS) is 11.3. The summed E-state index contributed by atoms with van der Waals surface area (Å²) in [6.07, 6.45) is -4.60. The third kappa shape index (κ3) is 6.00. The van der Waals surface area contributed by atoms with Gasteiger partial charge in [0.15, 0.2) is 0 Å². The van der Waals surface area contributed by atoms with E-state index in [1.807, 2.05) is 36.7 Å². The van der Waals surface area contributed by atoms with E-state index in [4.69, 9.17) is 0 Å². The number of carbonyl (C=O) groups is 2. The van der Waals surface area contributed by atoms with Crippen LogP contribution in [0.1, 0.15) is 39.8 Å². The lowest BCUT2D eigenvalue weighted by Crippen LogP contribution is -2.38. The van der Waals surface area contributed by atoms with Crippen molar-refractivity contribution in [3.05, 3.63) is 82.7 Å². The molecule has 33 heavy (non-hydrogen) atoms. The number of halogens is 3. The number of hydrogen-bond donors (Lipinski definition) is 1. The number of aryl methyl sites for hydroxylation is 2. The third-order valence-corrected chi connectivity index (χ3v) is 5.15. The number of alkyl halides is 3. The molecule has 2 aromatic carbocycles. The average Bonchev–Trinajstić information content (AvgIpc) is 3.08. The highest BCUT2D eigenvalue weighted by Gasteiger charge is 2.33. The molecule has 1 heterocycles. The van der Waals surface area contributed by atoms with E-state index in [9.17, 15) is 22.8 Å². The summed E-state index contributed by atoms with van der Waals surface area (Å²) in [7, 11) is 0. The van der Waals surface area contributed by atoms with Crippen LogP contribution in [0, 0.1) is 13.8 Å². The van der Waals surface area contributed by atoms with Crippen molar-refractivity contribution in [2.24, 2.45) is 0 Å². The molecule has 0 bridgehead atoms. The average molecular weight is 458 g/mol. The molecule has 0 radical (unpaired) electrons. The second-order valence-corrected chi connectivity index (χ2v) is 7.69. The van der Waals surface area contributed by atoms with Crippen LogP contribution >= 0.6 is 0 Å².